The average Bonchev–Trinajstić information content (AvgIpc) is 2.48. The molecule has 0 heterocycles. The third-order valence-electron chi connectivity index (χ3n) is 3.80. The number of halogens is 1. The summed E-state index contributed by atoms with van der Waals surface area (Å²) >= 11 is 0. The lowest BCUT2D eigenvalue weighted by molar-refractivity contribution is 0.592. The highest BCUT2D eigenvalue weighted by Crippen LogP contribution is 2.23. The largest absolute Gasteiger partial charge is 0.324 e. The van der Waals surface area contributed by atoms with E-state index in [0.717, 1.165) is 18.4 Å². The molecule has 0 saturated carbocycles. The summed E-state index contributed by atoms with van der Waals surface area (Å²) in [5, 5.41) is 0. The smallest absolute Gasteiger partial charge is 0.126 e. The van der Waals surface area contributed by atoms with E-state index in [4.69, 9.17) is 5.73 Å². The normalized spacial score (nSPS) is 12.4. The lowest BCUT2D eigenvalue weighted by atomic mass is 9.92. The van der Waals surface area contributed by atoms with Crippen molar-refractivity contribution in [2.45, 2.75) is 39.2 Å². The van der Waals surface area contributed by atoms with Gasteiger partial charge in [-0.1, -0.05) is 50.2 Å². The van der Waals surface area contributed by atoms with Gasteiger partial charge in [0.1, 0.15) is 5.82 Å². The average molecular weight is 271 g/mol. The van der Waals surface area contributed by atoms with Gasteiger partial charge < -0.3 is 5.73 Å². The van der Waals surface area contributed by atoms with Crippen LogP contribution in [0.5, 0.6) is 0 Å². The van der Waals surface area contributed by atoms with Crippen molar-refractivity contribution in [3.8, 4) is 0 Å². The molecule has 0 radical (unpaired) electrons. The van der Waals surface area contributed by atoms with Crippen molar-refractivity contribution in [3.05, 3.63) is 70.5 Å². The zero-order chi connectivity index (χ0) is 14.5. The highest BCUT2D eigenvalue weighted by atomic mass is 19.1. The molecule has 2 aromatic rings. The van der Waals surface area contributed by atoms with Crippen molar-refractivity contribution in [2.24, 2.45) is 5.73 Å². The van der Waals surface area contributed by atoms with Gasteiger partial charge in [0.2, 0.25) is 0 Å². The molecule has 0 aliphatic heterocycles. The number of benzene rings is 2. The molecule has 0 bridgehead atoms. The maximum absolute atomic E-state index is 13.7. The van der Waals surface area contributed by atoms with E-state index in [1.54, 1.807) is 6.07 Å². The molecular weight excluding hydrogens is 249 g/mol. The second kappa shape index (κ2) is 6.67. The first-order chi connectivity index (χ1) is 9.65. The van der Waals surface area contributed by atoms with Crippen LogP contribution in [0.25, 0.3) is 0 Å². The Balaban J connectivity index is 2.28. The molecule has 2 N–H and O–H groups in total. The zero-order valence-corrected chi connectivity index (χ0v) is 12.2. The van der Waals surface area contributed by atoms with E-state index in [-0.39, 0.29) is 11.9 Å². The summed E-state index contributed by atoms with van der Waals surface area (Å²) in [7, 11) is 0. The van der Waals surface area contributed by atoms with Crippen LogP contribution in [0.4, 0.5) is 4.39 Å². The summed E-state index contributed by atoms with van der Waals surface area (Å²) < 4.78 is 13.7. The highest BCUT2D eigenvalue weighted by Gasteiger charge is 2.13. The minimum atomic E-state index is -0.173. The fourth-order valence-electron chi connectivity index (χ4n) is 2.54. The third kappa shape index (κ3) is 3.26. The summed E-state index contributed by atoms with van der Waals surface area (Å²) in [6.45, 7) is 4.26. The first-order valence-electron chi connectivity index (χ1n) is 7.26. The van der Waals surface area contributed by atoms with Gasteiger partial charge in [0.15, 0.2) is 0 Å². The Morgan fingerprint density at radius 1 is 1.00 bits per heavy atom. The van der Waals surface area contributed by atoms with Gasteiger partial charge in [-0.2, -0.15) is 0 Å². The molecule has 0 spiro atoms. The monoisotopic (exact) mass is 271 g/mol. The predicted octanol–water partition coefficient (Wildman–Crippen LogP) is 4.19. The summed E-state index contributed by atoms with van der Waals surface area (Å²) in [5.41, 5.74) is 10.7. The molecule has 106 valence electrons. The molecule has 0 fully saturated rings. The molecule has 2 aromatic carbocycles. The number of nitrogens with two attached hydrogens (primary N) is 1. The van der Waals surface area contributed by atoms with Gasteiger partial charge in [0.25, 0.3) is 0 Å². The van der Waals surface area contributed by atoms with Crippen molar-refractivity contribution in [3.63, 3.8) is 0 Å². The SMILES string of the molecule is CCc1ccc(CC)c(C(N)Cc2ccccc2F)c1. The molecule has 2 heteroatoms. The number of hydrogen-bond acceptors (Lipinski definition) is 1. The standard InChI is InChI=1S/C18H22FN/c1-3-13-9-10-14(4-2)16(11-13)18(20)12-15-7-5-6-8-17(15)19/h5-11,18H,3-4,12,20H2,1-2H3. The van der Waals surface area contributed by atoms with Gasteiger partial charge in [-0.25, -0.2) is 4.39 Å². The minimum Gasteiger partial charge on any atom is -0.324 e. The molecule has 0 aliphatic carbocycles. The molecule has 0 amide bonds. The Kier molecular flexibility index (Phi) is 4.91. The maximum atomic E-state index is 13.7. The first-order valence-corrected chi connectivity index (χ1v) is 7.26. The van der Waals surface area contributed by atoms with Gasteiger partial charge in [-0.3, -0.25) is 0 Å². The molecule has 0 saturated heterocycles. The summed E-state index contributed by atoms with van der Waals surface area (Å²) in [4.78, 5) is 0. The quantitative estimate of drug-likeness (QED) is 0.867. The fraction of sp³-hybridized carbons (Fsp3) is 0.333. The summed E-state index contributed by atoms with van der Waals surface area (Å²) in [6, 6.07) is 13.2. The van der Waals surface area contributed by atoms with Crippen molar-refractivity contribution in [1.82, 2.24) is 0 Å². The van der Waals surface area contributed by atoms with Crippen LogP contribution in [-0.4, -0.2) is 0 Å². The van der Waals surface area contributed by atoms with E-state index in [1.807, 2.05) is 12.1 Å². The molecule has 1 unspecified atom stereocenters. The van der Waals surface area contributed by atoms with Crippen LogP contribution < -0.4 is 5.73 Å². The van der Waals surface area contributed by atoms with Gasteiger partial charge in [-0.05, 0) is 47.6 Å². The predicted molar refractivity (Wildman–Crippen MR) is 82.2 cm³/mol. The topological polar surface area (TPSA) is 26.0 Å². The van der Waals surface area contributed by atoms with E-state index >= 15 is 0 Å². The number of rotatable bonds is 5. The summed E-state index contributed by atoms with van der Waals surface area (Å²) in [5.74, 6) is -0.173. The number of aryl methyl sites for hydroxylation is 2. The molecule has 1 atom stereocenters. The van der Waals surface area contributed by atoms with Gasteiger partial charge in [0, 0.05) is 6.04 Å². The van der Waals surface area contributed by atoms with Crippen LogP contribution in [0.1, 0.15) is 42.1 Å². The molecular formula is C18H22FN. The van der Waals surface area contributed by atoms with E-state index < -0.39 is 0 Å². The van der Waals surface area contributed by atoms with E-state index in [2.05, 4.69) is 32.0 Å². The van der Waals surface area contributed by atoms with Crippen molar-refractivity contribution in [1.29, 1.82) is 0 Å². The zero-order valence-electron chi connectivity index (χ0n) is 12.2. The highest BCUT2D eigenvalue weighted by molar-refractivity contribution is 5.35. The molecule has 0 aliphatic rings. The Morgan fingerprint density at radius 3 is 2.40 bits per heavy atom. The van der Waals surface area contributed by atoms with Gasteiger partial charge in [0.05, 0.1) is 0 Å². The van der Waals surface area contributed by atoms with E-state index in [0.29, 0.717) is 12.0 Å². The Hall–Kier alpha value is -1.67. The fourth-order valence-corrected chi connectivity index (χ4v) is 2.54. The lowest BCUT2D eigenvalue weighted by Crippen LogP contribution is -2.16. The molecule has 1 nitrogen and oxygen atoms in total. The van der Waals surface area contributed by atoms with Crippen LogP contribution in [0.3, 0.4) is 0 Å². The van der Waals surface area contributed by atoms with Crippen LogP contribution in [0.2, 0.25) is 0 Å². The van der Waals surface area contributed by atoms with Gasteiger partial charge in [-0.15, -0.1) is 0 Å². The second-order valence-electron chi connectivity index (χ2n) is 5.14. The van der Waals surface area contributed by atoms with Crippen LogP contribution in [0, 0.1) is 5.82 Å². The van der Waals surface area contributed by atoms with Gasteiger partial charge >= 0.3 is 0 Å². The van der Waals surface area contributed by atoms with E-state index in [1.165, 1.54) is 17.2 Å². The number of hydrogen-bond donors (Lipinski definition) is 1. The Morgan fingerprint density at radius 2 is 1.75 bits per heavy atom. The maximum Gasteiger partial charge on any atom is 0.126 e. The van der Waals surface area contributed by atoms with Crippen LogP contribution >= 0.6 is 0 Å². The Bertz CT molecular complexity index is 577. The van der Waals surface area contributed by atoms with Crippen LogP contribution in [0.15, 0.2) is 42.5 Å². The van der Waals surface area contributed by atoms with Crippen molar-refractivity contribution < 1.29 is 4.39 Å². The molecule has 2 rings (SSSR count). The lowest BCUT2D eigenvalue weighted by Gasteiger charge is -2.17. The summed E-state index contributed by atoms with van der Waals surface area (Å²) in [6.07, 6.45) is 2.47. The van der Waals surface area contributed by atoms with Crippen molar-refractivity contribution in [2.75, 3.05) is 0 Å². The minimum absolute atomic E-state index is 0.159. The van der Waals surface area contributed by atoms with E-state index in [9.17, 15) is 4.39 Å². The molecule has 20 heavy (non-hydrogen) atoms. The Labute approximate surface area is 120 Å². The second-order valence-corrected chi connectivity index (χ2v) is 5.14. The molecule has 0 aromatic heterocycles. The van der Waals surface area contributed by atoms with Crippen molar-refractivity contribution >= 4 is 0 Å². The van der Waals surface area contributed by atoms with Crippen LogP contribution in [-0.2, 0) is 19.3 Å². The third-order valence-corrected chi connectivity index (χ3v) is 3.80. The first kappa shape index (κ1) is 14.7.